The van der Waals surface area contributed by atoms with Gasteiger partial charge < -0.3 is 20.3 Å². The van der Waals surface area contributed by atoms with Crippen LogP contribution in [0.1, 0.15) is 0 Å². The van der Waals surface area contributed by atoms with E-state index in [1.165, 1.54) is 12.1 Å². The van der Waals surface area contributed by atoms with E-state index in [1.54, 1.807) is 0 Å². The van der Waals surface area contributed by atoms with Crippen molar-refractivity contribution in [2.24, 2.45) is 0 Å². The lowest BCUT2D eigenvalue weighted by Gasteiger charge is -2.49. The fourth-order valence-electron chi connectivity index (χ4n) is 3.08. The molecule has 2 aliphatic heterocycles. The number of benzene rings is 1. The zero-order valence-corrected chi connectivity index (χ0v) is 13.8. The molecule has 2 saturated heterocycles. The van der Waals surface area contributed by atoms with Crippen LogP contribution >= 0.6 is 11.6 Å². The van der Waals surface area contributed by atoms with Crippen molar-refractivity contribution in [1.29, 1.82) is 0 Å². The Bertz CT molecular complexity index is 561. The van der Waals surface area contributed by atoms with Crippen molar-refractivity contribution < 1.29 is 13.5 Å². The van der Waals surface area contributed by atoms with E-state index >= 15 is 0 Å². The molecule has 1 aromatic carbocycles. The molecular weight excluding hydrogens is 326 g/mol. The van der Waals surface area contributed by atoms with Gasteiger partial charge in [0.15, 0.2) is 0 Å². The number of hydrogen-bond acceptors (Lipinski definition) is 5. The molecule has 0 aliphatic carbocycles. The molecule has 1 aromatic rings. The zero-order chi connectivity index (χ0) is 16.6. The largest absolute Gasteiger partial charge is 0.435 e. The number of rotatable bonds is 4. The van der Waals surface area contributed by atoms with Gasteiger partial charge in [-0.15, -0.1) is 0 Å². The summed E-state index contributed by atoms with van der Waals surface area (Å²) in [6, 6.07) is 3.33. The summed E-state index contributed by atoms with van der Waals surface area (Å²) in [6.07, 6.45) is 0. The van der Waals surface area contributed by atoms with Gasteiger partial charge >= 0.3 is 6.61 Å². The third-order valence-corrected chi connectivity index (χ3v) is 4.95. The van der Waals surface area contributed by atoms with Crippen LogP contribution in [0.5, 0.6) is 5.75 Å². The Balaban J connectivity index is 1.65. The number of hydrogen-bond donors (Lipinski definition) is 1. The van der Waals surface area contributed by atoms with E-state index in [2.05, 4.69) is 26.5 Å². The van der Waals surface area contributed by atoms with Crippen molar-refractivity contribution in [2.45, 2.75) is 12.7 Å². The Morgan fingerprint density at radius 1 is 1.22 bits per heavy atom. The molecule has 0 atom stereocenters. The third kappa shape index (κ3) is 3.62. The van der Waals surface area contributed by atoms with Gasteiger partial charge in [-0.2, -0.15) is 8.78 Å². The van der Waals surface area contributed by atoms with Crippen molar-refractivity contribution >= 4 is 23.0 Å². The fourth-order valence-corrected chi connectivity index (χ4v) is 3.30. The van der Waals surface area contributed by atoms with Crippen molar-refractivity contribution in [3.05, 3.63) is 17.2 Å². The van der Waals surface area contributed by atoms with Crippen molar-refractivity contribution in [3.63, 3.8) is 0 Å². The zero-order valence-electron chi connectivity index (χ0n) is 13.0. The Morgan fingerprint density at radius 2 is 1.87 bits per heavy atom. The van der Waals surface area contributed by atoms with Crippen LogP contribution in [-0.4, -0.2) is 68.8 Å². The highest BCUT2D eigenvalue weighted by Gasteiger charge is 2.34. The molecule has 128 valence electrons. The van der Waals surface area contributed by atoms with Crippen LogP contribution in [0.25, 0.3) is 0 Å². The number of anilines is 2. The first kappa shape index (κ1) is 16.5. The Morgan fingerprint density at radius 3 is 2.48 bits per heavy atom. The lowest BCUT2D eigenvalue weighted by Crippen LogP contribution is -2.63. The molecule has 23 heavy (non-hydrogen) atoms. The van der Waals surface area contributed by atoms with Crippen molar-refractivity contribution in [3.8, 4) is 5.75 Å². The van der Waals surface area contributed by atoms with Crippen molar-refractivity contribution in [1.82, 2.24) is 9.80 Å². The van der Waals surface area contributed by atoms with Crippen LogP contribution in [-0.2, 0) is 0 Å². The molecule has 2 fully saturated rings. The Labute approximate surface area is 139 Å². The van der Waals surface area contributed by atoms with Crippen LogP contribution in [0.4, 0.5) is 20.2 Å². The topological polar surface area (TPSA) is 45.0 Å². The van der Waals surface area contributed by atoms with E-state index < -0.39 is 6.61 Å². The van der Waals surface area contributed by atoms with E-state index in [-0.39, 0.29) is 11.4 Å². The predicted molar refractivity (Wildman–Crippen MR) is 87.6 cm³/mol. The second-order valence-corrected chi connectivity index (χ2v) is 6.50. The molecule has 5 nitrogen and oxygen atoms in total. The van der Waals surface area contributed by atoms with Crippen LogP contribution in [0.2, 0.25) is 5.02 Å². The van der Waals surface area contributed by atoms with Crippen LogP contribution < -0.4 is 15.4 Å². The van der Waals surface area contributed by atoms with Gasteiger partial charge in [0.1, 0.15) is 5.75 Å². The van der Waals surface area contributed by atoms with Crippen LogP contribution in [0, 0.1) is 0 Å². The number of nitrogens with two attached hydrogens (primary N) is 1. The highest BCUT2D eigenvalue weighted by molar-refractivity contribution is 6.35. The summed E-state index contributed by atoms with van der Waals surface area (Å²) in [5, 5.41) is 0.392. The molecule has 0 aromatic heterocycles. The molecule has 0 amide bonds. The molecule has 3 rings (SSSR count). The molecule has 0 bridgehead atoms. The summed E-state index contributed by atoms with van der Waals surface area (Å²) in [4.78, 5) is 6.84. The minimum Gasteiger partial charge on any atom is -0.435 e. The van der Waals surface area contributed by atoms with Gasteiger partial charge in [-0.1, -0.05) is 11.6 Å². The summed E-state index contributed by atoms with van der Waals surface area (Å²) in [5.41, 5.74) is 6.72. The summed E-state index contributed by atoms with van der Waals surface area (Å²) >= 11 is 6.23. The van der Waals surface area contributed by atoms with Crippen LogP contribution in [0.3, 0.4) is 0 Å². The maximum absolute atomic E-state index is 12.4. The minimum atomic E-state index is -2.88. The molecule has 8 heteroatoms. The van der Waals surface area contributed by atoms with Gasteiger partial charge in [0.05, 0.1) is 16.4 Å². The molecule has 0 saturated carbocycles. The highest BCUT2D eigenvalue weighted by atomic mass is 35.5. The summed E-state index contributed by atoms with van der Waals surface area (Å²) in [5.74, 6) is 0.0416. The third-order valence-electron chi connectivity index (χ3n) is 4.54. The SMILES string of the molecule is CN1CCN(C2CN(c3cc(OC(F)F)cc(N)c3Cl)C2)CC1. The van der Waals surface area contributed by atoms with E-state index in [9.17, 15) is 8.78 Å². The van der Waals surface area contributed by atoms with Crippen molar-refractivity contribution in [2.75, 3.05) is 56.9 Å². The highest BCUT2D eigenvalue weighted by Crippen LogP contribution is 2.38. The molecular formula is C15H21ClF2N4O. The smallest absolute Gasteiger partial charge is 0.387 e. The first-order chi connectivity index (χ1) is 10.9. The van der Waals surface area contributed by atoms with Gasteiger partial charge in [0.2, 0.25) is 0 Å². The van der Waals surface area contributed by atoms with E-state index in [4.69, 9.17) is 17.3 Å². The predicted octanol–water partition coefficient (Wildman–Crippen LogP) is 1.96. The second kappa shape index (κ2) is 6.67. The fraction of sp³-hybridized carbons (Fsp3) is 0.600. The number of halogens is 3. The maximum Gasteiger partial charge on any atom is 0.387 e. The molecule has 2 heterocycles. The normalized spacial score (nSPS) is 20.8. The Kier molecular flexibility index (Phi) is 4.79. The monoisotopic (exact) mass is 346 g/mol. The van der Waals surface area contributed by atoms with E-state index in [0.717, 1.165) is 39.3 Å². The summed E-state index contributed by atoms with van der Waals surface area (Å²) < 4.78 is 29.2. The van der Waals surface area contributed by atoms with Gasteiger partial charge in [0.25, 0.3) is 0 Å². The second-order valence-electron chi connectivity index (χ2n) is 6.12. The molecule has 0 radical (unpaired) electrons. The van der Waals surface area contributed by atoms with Gasteiger partial charge in [0, 0.05) is 57.4 Å². The van der Waals surface area contributed by atoms with Gasteiger partial charge in [-0.3, -0.25) is 4.90 Å². The Hall–Kier alpha value is -1.31. The number of likely N-dealkylation sites (N-methyl/N-ethyl adjacent to an activating group) is 1. The molecule has 0 spiro atoms. The average Bonchev–Trinajstić information content (AvgIpc) is 2.43. The lowest BCUT2D eigenvalue weighted by molar-refractivity contribution is -0.0497. The van der Waals surface area contributed by atoms with Crippen LogP contribution in [0.15, 0.2) is 12.1 Å². The summed E-state index contributed by atoms with van der Waals surface area (Å²) in [6.45, 7) is 3.02. The average molecular weight is 347 g/mol. The van der Waals surface area contributed by atoms with E-state index in [0.29, 0.717) is 16.8 Å². The molecule has 2 N–H and O–H groups in total. The van der Waals surface area contributed by atoms with E-state index in [1.807, 2.05) is 0 Å². The summed E-state index contributed by atoms with van der Waals surface area (Å²) in [7, 11) is 2.13. The number of piperazine rings is 1. The quantitative estimate of drug-likeness (QED) is 0.844. The maximum atomic E-state index is 12.4. The standard InChI is InChI=1S/C15H21ClF2N4O/c1-20-2-4-21(5-3-20)10-8-22(9-10)13-7-11(23-15(17)18)6-12(19)14(13)16/h6-7,10,15H,2-5,8-9,19H2,1H3. The number of nitrogen functional groups attached to an aromatic ring is 1. The molecule has 2 aliphatic rings. The first-order valence-corrected chi connectivity index (χ1v) is 8.03. The van der Waals surface area contributed by atoms with Gasteiger partial charge in [-0.05, 0) is 7.05 Å². The van der Waals surface area contributed by atoms with Gasteiger partial charge in [-0.25, -0.2) is 0 Å². The minimum absolute atomic E-state index is 0.0416. The molecule has 0 unspecified atom stereocenters. The first-order valence-electron chi connectivity index (χ1n) is 7.65. The lowest BCUT2D eigenvalue weighted by atomic mass is 10.0. The number of alkyl halides is 2. The number of ether oxygens (including phenoxy) is 1. The number of nitrogens with zero attached hydrogens (tertiary/aromatic N) is 3.